The first-order chi connectivity index (χ1) is 6.51. The summed E-state index contributed by atoms with van der Waals surface area (Å²) in [5.74, 6) is 0.836. The molecule has 0 amide bonds. The molecular weight excluding hydrogens is 178 g/mol. The van der Waals surface area contributed by atoms with Crippen molar-refractivity contribution in [3.05, 3.63) is 29.3 Å². The second-order valence-electron chi connectivity index (χ2n) is 3.76. The highest BCUT2D eigenvalue weighted by Crippen LogP contribution is 2.24. The highest BCUT2D eigenvalue weighted by molar-refractivity contribution is 5.38. The Morgan fingerprint density at radius 3 is 2.57 bits per heavy atom. The zero-order valence-electron chi connectivity index (χ0n) is 8.87. The van der Waals surface area contributed by atoms with Gasteiger partial charge < -0.3 is 15.6 Å². The minimum Gasteiger partial charge on any atom is -0.496 e. The van der Waals surface area contributed by atoms with Crippen LogP contribution in [0.15, 0.2) is 18.2 Å². The van der Waals surface area contributed by atoms with Crippen molar-refractivity contribution < 1.29 is 9.84 Å². The number of methoxy groups -OCH3 is 1. The monoisotopic (exact) mass is 195 g/mol. The number of nitrogens with two attached hydrogens (primary N) is 1. The molecule has 0 saturated heterocycles. The zero-order valence-corrected chi connectivity index (χ0v) is 8.87. The maximum Gasteiger partial charge on any atom is 0.121 e. The van der Waals surface area contributed by atoms with Crippen molar-refractivity contribution >= 4 is 0 Å². The van der Waals surface area contributed by atoms with Crippen LogP contribution < -0.4 is 10.5 Å². The van der Waals surface area contributed by atoms with E-state index < -0.39 is 5.54 Å². The lowest BCUT2D eigenvalue weighted by molar-refractivity contribution is 0.210. The first kappa shape index (κ1) is 11.0. The fraction of sp³-hybridized carbons (Fsp3) is 0.455. The SMILES string of the molecule is COc1ccc(C(C)(N)CO)cc1C. The maximum atomic E-state index is 9.11. The van der Waals surface area contributed by atoms with Gasteiger partial charge in [0.25, 0.3) is 0 Å². The summed E-state index contributed by atoms with van der Waals surface area (Å²) in [4.78, 5) is 0. The molecule has 0 aliphatic heterocycles. The van der Waals surface area contributed by atoms with Gasteiger partial charge in [0.15, 0.2) is 0 Å². The van der Waals surface area contributed by atoms with E-state index in [1.807, 2.05) is 25.1 Å². The van der Waals surface area contributed by atoms with E-state index in [0.717, 1.165) is 16.9 Å². The van der Waals surface area contributed by atoms with Gasteiger partial charge in [0, 0.05) is 0 Å². The number of ether oxygens (including phenoxy) is 1. The molecule has 1 aromatic rings. The average Bonchev–Trinajstić information content (AvgIpc) is 2.17. The van der Waals surface area contributed by atoms with E-state index >= 15 is 0 Å². The van der Waals surface area contributed by atoms with Gasteiger partial charge >= 0.3 is 0 Å². The Hall–Kier alpha value is -1.06. The van der Waals surface area contributed by atoms with Crippen LogP contribution in [-0.4, -0.2) is 18.8 Å². The molecule has 0 fully saturated rings. The highest BCUT2D eigenvalue weighted by atomic mass is 16.5. The van der Waals surface area contributed by atoms with E-state index in [2.05, 4.69) is 0 Å². The standard InChI is InChI=1S/C11H17NO2/c1-8-6-9(11(2,12)7-13)4-5-10(8)14-3/h4-6,13H,7,12H2,1-3H3. The number of hydrogen-bond donors (Lipinski definition) is 2. The van der Waals surface area contributed by atoms with Gasteiger partial charge in [0.1, 0.15) is 5.75 Å². The average molecular weight is 195 g/mol. The number of aryl methyl sites for hydroxylation is 1. The summed E-state index contributed by atoms with van der Waals surface area (Å²) in [6.07, 6.45) is 0. The second-order valence-corrected chi connectivity index (χ2v) is 3.76. The molecule has 1 aromatic carbocycles. The molecule has 0 aliphatic rings. The highest BCUT2D eigenvalue weighted by Gasteiger charge is 2.20. The molecular formula is C11H17NO2. The minimum atomic E-state index is -0.684. The van der Waals surface area contributed by atoms with Crippen molar-refractivity contribution in [2.24, 2.45) is 5.73 Å². The van der Waals surface area contributed by atoms with Crippen LogP contribution in [0.3, 0.4) is 0 Å². The summed E-state index contributed by atoms with van der Waals surface area (Å²) in [7, 11) is 1.63. The van der Waals surface area contributed by atoms with E-state index in [-0.39, 0.29) is 6.61 Å². The third-order valence-corrected chi connectivity index (χ3v) is 2.38. The summed E-state index contributed by atoms with van der Waals surface area (Å²) in [6, 6.07) is 5.68. The Kier molecular flexibility index (Phi) is 3.13. The van der Waals surface area contributed by atoms with Crippen LogP contribution in [0.1, 0.15) is 18.1 Å². The Labute approximate surface area is 84.5 Å². The quantitative estimate of drug-likeness (QED) is 0.761. The molecule has 3 heteroatoms. The molecule has 0 radical (unpaired) electrons. The Bertz CT molecular complexity index is 321. The van der Waals surface area contributed by atoms with Gasteiger partial charge in [-0.3, -0.25) is 0 Å². The van der Waals surface area contributed by atoms with Gasteiger partial charge in [-0.15, -0.1) is 0 Å². The number of benzene rings is 1. The summed E-state index contributed by atoms with van der Waals surface area (Å²) >= 11 is 0. The summed E-state index contributed by atoms with van der Waals surface area (Å²) in [5.41, 5.74) is 7.16. The molecule has 0 bridgehead atoms. The largest absolute Gasteiger partial charge is 0.496 e. The normalized spacial score (nSPS) is 14.9. The molecule has 78 valence electrons. The lowest BCUT2D eigenvalue weighted by Gasteiger charge is -2.23. The van der Waals surface area contributed by atoms with Crippen LogP contribution in [-0.2, 0) is 5.54 Å². The molecule has 0 spiro atoms. The predicted molar refractivity (Wildman–Crippen MR) is 56.4 cm³/mol. The van der Waals surface area contributed by atoms with E-state index in [4.69, 9.17) is 15.6 Å². The van der Waals surface area contributed by atoms with Crippen LogP contribution >= 0.6 is 0 Å². The van der Waals surface area contributed by atoms with Crippen molar-refractivity contribution in [2.45, 2.75) is 19.4 Å². The van der Waals surface area contributed by atoms with E-state index in [1.165, 1.54) is 0 Å². The van der Waals surface area contributed by atoms with E-state index in [9.17, 15) is 0 Å². The van der Waals surface area contributed by atoms with Gasteiger partial charge in [0.05, 0.1) is 19.3 Å². The van der Waals surface area contributed by atoms with Crippen molar-refractivity contribution in [2.75, 3.05) is 13.7 Å². The van der Waals surface area contributed by atoms with Crippen molar-refractivity contribution in [3.8, 4) is 5.75 Å². The summed E-state index contributed by atoms with van der Waals surface area (Å²) in [6.45, 7) is 3.68. The molecule has 1 unspecified atom stereocenters. The van der Waals surface area contributed by atoms with Crippen LogP contribution in [0.2, 0.25) is 0 Å². The Balaban J connectivity index is 3.08. The van der Waals surface area contributed by atoms with Crippen LogP contribution in [0.5, 0.6) is 5.75 Å². The van der Waals surface area contributed by atoms with Gasteiger partial charge in [-0.2, -0.15) is 0 Å². The fourth-order valence-electron chi connectivity index (χ4n) is 1.32. The van der Waals surface area contributed by atoms with Gasteiger partial charge in [-0.05, 0) is 31.0 Å². The second kappa shape index (κ2) is 3.98. The predicted octanol–water partition coefficient (Wildman–Crippen LogP) is 1.17. The molecule has 0 aliphatic carbocycles. The van der Waals surface area contributed by atoms with E-state index in [1.54, 1.807) is 14.0 Å². The number of hydrogen-bond acceptors (Lipinski definition) is 3. The van der Waals surface area contributed by atoms with Gasteiger partial charge in [0.2, 0.25) is 0 Å². The molecule has 3 nitrogen and oxygen atoms in total. The summed E-state index contributed by atoms with van der Waals surface area (Å²) < 4.78 is 5.14. The summed E-state index contributed by atoms with van der Waals surface area (Å²) in [5, 5.41) is 9.11. The van der Waals surface area contributed by atoms with Gasteiger partial charge in [-0.25, -0.2) is 0 Å². The Morgan fingerprint density at radius 2 is 2.14 bits per heavy atom. The number of aliphatic hydroxyl groups excluding tert-OH is 1. The van der Waals surface area contributed by atoms with Crippen molar-refractivity contribution in [1.29, 1.82) is 0 Å². The molecule has 1 atom stereocenters. The number of rotatable bonds is 3. The minimum absolute atomic E-state index is 0.0707. The lowest BCUT2D eigenvalue weighted by Crippen LogP contribution is -2.36. The molecule has 0 saturated carbocycles. The molecule has 3 N–H and O–H groups in total. The van der Waals surface area contributed by atoms with Crippen molar-refractivity contribution in [3.63, 3.8) is 0 Å². The molecule has 0 aromatic heterocycles. The third-order valence-electron chi connectivity index (χ3n) is 2.38. The van der Waals surface area contributed by atoms with Gasteiger partial charge in [-0.1, -0.05) is 12.1 Å². The fourth-order valence-corrected chi connectivity index (χ4v) is 1.32. The van der Waals surface area contributed by atoms with Crippen LogP contribution in [0.25, 0.3) is 0 Å². The molecule has 14 heavy (non-hydrogen) atoms. The van der Waals surface area contributed by atoms with E-state index in [0.29, 0.717) is 0 Å². The molecule has 1 rings (SSSR count). The zero-order chi connectivity index (χ0) is 10.8. The maximum absolute atomic E-state index is 9.11. The molecule has 0 heterocycles. The topological polar surface area (TPSA) is 55.5 Å². The third kappa shape index (κ3) is 2.05. The van der Waals surface area contributed by atoms with Crippen LogP contribution in [0, 0.1) is 6.92 Å². The first-order valence-electron chi connectivity index (χ1n) is 4.56. The van der Waals surface area contributed by atoms with Crippen LogP contribution in [0.4, 0.5) is 0 Å². The Morgan fingerprint density at radius 1 is 1.50 bits per heavy atom. The van der Waals surface area contributed by atoms with Crippen molar-refractivity contribution in [1.82, 2.24) is 0 Å². The first-order valence-corrected chi connectivity index (χ1v) is 4.56. The lowest BCUT2D eigenvalue weighted by atomic mass is 9.93. The smallest absolute Gasteiger partial charge is 0.121 e. The number of aliphatic hydroxyl groups is 1.